The lowest BCUT2D eigenvalue weighted by molar-refractivity contribution is -0.00218. The SMILES string of the molecule is CCC1(C)CN(Cc2ccc(Br)cn2)C(C)(C2CC2)CN1. The molecule has 1 saturated carbocycles. The minimum atomic E-state index is 0.226. The van der Waals surface area contributed by atoms with Gasteiger partial charge in [0, 0.05) is 41.4 Å². The van der Waals surface area contributed by atoms with Gasteiger partial charge in [0.15, 0.2) is 0 Å². The summed E-state index contributed by atoms with van der Waals surface area (Å²) in [6, 6.07) is 4.24. The summed E-state index contributed by atoms with van der Waals surface area (Å²) >= 11 is 3.47. The van der Waals surface area contributed by atoms with Gasteiger partial charge >= 0.3 is 0 Å². The van der Waals surface area contributed by atoms with Crippen molar-refractivity contribution in [2.24, 2.45) is 5.92 Å². The van der Waals surface area contributed by atoms with Crippen molar-refractivity contribution in [3.05, 3.63) is 28.5 Å². The number of piperazine rings is 1. The lowest BCUT2D eigenvalue weighted by Crippen LogP contribution is -2.68. The molecule has 1 aromatic heterocycles. The van der Waals surface area contributed by atoms with E-state index in [1.54, 1.807) is 0 Å². The van der Waals surface area contributed by atoms with Gasteiger partial charge in [-0.2, -0.15) is 0 Å². The molecule has 116 valence electrons. The molecule has 1 aromatic rings. The van der Waals surface area contributed by atoms with E-state index in [4.69, 9.17) is 0 Å². The molecule has 2 fully saturated rings. The third-order valence-corrected chi connectivity index (χ3v) is 5.98. The van der Waals surface area contributed by atoms with Gasteiger partial charge in [0.05, 0.1) is 5.69 Å². The first-order chi connectivity index (χ1) is 9.95. The van der Waals surface area contributed by atoms with Crippen LogP contribution in [0.4, 0.5) is 0 Å². The molecule has 2 unspecified atom stereocenters. The van der Waals surface area contributed by atoms with E-state index in [2.05, 4.69) is 64.0 Å². The van der Waals surface area contributed by atoms with Crippen LogP contribution in [0.2, 0.25) is 0 Å². The van der Waals surface area contributed by atoms with E-state index in [9.17, 15) is 0 Å². The van der Waals surface area contributed by atoms with Gasteiger partial charge < -0.3 is 5.32 Å². The predicted octanol–water partition coefficient (Wildman–Crippen LogP) is 3.59. The minimum absolute atomic E-state index is 0.226. The Labute approximate surface area is 136 Å². The maximum Gasteiger partial charge on any atom is 0.0545 e. The maximum absolute atomic E-state index is 4.58. The van der Waals surface area contributed by atoms with Gasteiger partial charge in [-0.3, -0.25) is 9.88 Å². The fourth-order valence-corrected chi connectivity index (χ4v) is 3.67. The molecule has 3 nitrogen and oxygen atoms in total. The lowest BCUT2D eigenvalue weighted by atomic mass is 9.84. The standard InChI is InChI=1S/C17H26BrN3/c1-4-16(2)12-21(10-15-8-7-14(18)9-19-15)17(3,11-20-16)13-5-6-13/h7-9,13,20H,4-6,10-12H2,1-3H3. The van der Waals surface area contributed by atoms with Crippen LogP contribution >= 0.6 is 15.9 Å². The molecule has 1 aliphatic heterocycles. The quantitative estimate of drug-likeness (QED) is 0.898. The first kappa shape index (κ1) is 15.4. The van der Waals surface area contributed by atoms with Crippen molar-refractivity contribution in [2.45, 2.75) is 57.7 Å². The number of hydrogen-bond acceptors (Lipinski definition) is 3. The Morgan fingerprint density at radius 3 is 2.71 bits per heavy atom. The molecule has 1 aliphatic carbocycles. The van der Waals surface area contributed by atoms with Gasteiger partial charge in [-0.15, -0.1) is 0 Å². The average molecular weight is 352 g/mol. The van der Waals surface area contributed by atoms with Crippen LogP contribution in [-0.2, 0) is 6.54 Å². The molecule has 2 aliphatic rings. The van der Waals surface area contributed by atoms with Crippen LogP contribution in [0.25, 0.3) is 0 Å². The number of nitrogens with zero attached hydrogens (tertiary/aromatic N) is 2. The molecule has 0 radical (unpaired) electrons. The predicted molar refractivity (Wildman–Crippen MR) is 90.2 cm³/mol. The van der Waals surface area contributed by atoms with Crippen LogP contribution in [0.1, 0.15) is 45.7 Å². The van der Waals surface area contributed by atoms with E-state index >= 15 is 0 Å². The van der Waals surface area contributed by atoms with Gasteiger partial charge in [-0.1, -0.05) is 6.92 Å². The van der Waals surface area contributed by atoms with Crippen LogP contribution in [-0.4, -0.2) is 34.1 Å². The van der Waals surface area contributed by atoms with Gasteiger partial charge in [0.2, 0.25) is 0 Å². The number of pyridine rings is 1. The highest BCUT2D eigenvalue weighted by atomic mass is 79.9. The Balaban J connectivity index is 1.81. The Morgan fingerprint density at radius 2 is 2.14 bits per heavy atom. The maximum atomic E-state index is 4.58. The summed E-state index contributed by atoms with van der Waals surface area (Å²) in [6.45, 7) is 10.2. The highest BCUT2D eigenvalue weighted by molar-refractivity contribution is 9.10. The molecule has 0 bridgehead atoms. The van der Waals surface area contributed by atoms with E-state index in [0.29, 0.717) is 0 Å². The van der Waals surface area contributed by atoms with Crippen LogP contribution in [0, 0.1) is 5.92 Å². The number of rotatable bonds is 4. The van der Waals surface area contributed by atoms with Crippen molar-refractivity contribution >= 4 is 15.9 Å². The van der Waals surface area contributed by atoms with E-state index in [1.807, 2.05) is 6.20 Å². The van der Waals surface area contributed by atoms with Gasteiger partial charge in [-0.25, -0.2) is 0 Å². The first-order valence-corrected chi connectivity index (χ1v) is 8.85. The largest absolute Gasteiger partial charge is 0.308 e. The topological polar surface area (TPSA) is 28.2 Å². The lowest BCUT2D eigenvalue weighted by Gasteiger charge is -2.52. The molecule has 1 saturated heterocycles. The molecule has 2 heterocycles. The summed E-state index contributed by atoms with van der Waals surface area (Å²) in [5, 5.41) is 3.81. The zero-order valence-corrected chi connectivity index (χ0v) is 14.9. The number of hydrogen-bond donors (Lipinski definition) is 1. The highest BCUT2D eigenvalue weighted by Crippen LogP contribution is 2.45. The summed E-state index contributed by atoms with van der Waals surface area (Å²) in [7, 11) is 0. The molecule has 0 amide bonds. The Morgan fingerprint density at radius 1 is 1.38 bits per heavy atom. The second kappa shape index (κ2) is 5.64. The second-order valence-electron chi connectivity index (χ2n) is 7.22. The Kier molecular flexibility index (Phi) is 4.15. The number of aromatic nitrogens is 1. The fourth-order valence-electron chi connectivity index (χ4n) is 3.44. The first-order valence-electron chi connectivity index (χ1n) is 8.06. The van der Waals surface area contributed by atoms with Crippen molar-refractivity contribution in [1.29, 1.82) is 0 Å². The van der Waals surface area contributed by atoms with Gasteiger partial charge in [0.1, 0.15) is 0 Å². The molecule has 0 spiro atoms. The monoisotopic (exact) mass is 351 g/mol. The normalized spacial score (nSPS) is 34.1. The summed E-state index contributed by atoms with van der Waals surface area (Å²) in [6.07, 6.45) is 5.83. The second-order valence-corrected chi connectivity index (χ2v) is 8.14. The summed E-state index contributed by atoms with van der Waals surface area (Å²) in [5.74, 6) is 0.849. The minimum Gasteiger partial charge on any atom is -0.308 e. The molecular weight excluding hydrogens is 326 g/mol. The van der Waals surface area contributed by atoms with Crippen molar-refractivity contribution in [2.75, 3.05) is 13.1 Å². The summed E-state index contributed by atoms with van der Waals surface area (Å²) in [4.78, 5) is 7.26. The molecule has 0 aromatic carbocycles. The van der Waals surface area contributed by atoms with E-state index in [-0.39, 0.29) is 11.1 Å². The Hall–Kier alpha value is -0.450. The van der Waals surface area contributed by atoms with Gasteiger partial charge in [0.25, 0.3) is 0 Å². The van der Waals surface area contributed by atoms with E-state index in [1.165, 1.54) is 18.5 Å². The zero-order valence-electron chi connectivity index (χ0n) is 13.3. The smallest absolute Gasteiger partial charge is 0.0545 e. The fraction of sp³-hybridized carbons (Fsp3) is 0.706. The van der Waals surface area contributed by atoms with E-state index in [0.717, 1.165) is 36.4 Å². The van der Waals surface area contributed by atoms with Crippen molar-refractivity contribution in [1.82, 2.24) is 15.2 Å². The number of halogens is 1. The van der Waals surface area contributed by atoms with Crippen LogP contribution in [0.3, 0.4) is 0 Å². The van der Waals surface area contributed by atoms with E-state index < -0.39 is 0 Å². The zero-order chi connectivity index (χ0) is 15.1. The summed E-state index contributed by atoms with van der Waals surface area (Å²) in [5.41, 5.74) is 1.68. The van der Waals surface area contributed by atoms with Crippen LogP contribution in [0.15, 0.2) is 22.8 Å². The highest BCUT2D eigenvalue weighted by Gasteiger charge is 2.50. The Bertz CT molecular complexity index is 499. The average Bonchev–Trinajstić information content (AvgIpc) is 3.31. The van der Waals surface area contributed by atoms with Crippen molar-refractivity contribution < 1.29 is 0 Å². The molecule has 2 atom stereocenters. The van der Waals surface area contributed by atoms with Crippen molar-refractivity contribution in [3.63, 3.8) is 0 Å². The van der Waals surface area contributed by atoms with Crippen molar-refractivity contribution in [3.8, 4) is 0 Å². The molecular formula is C17H26BrN3. The third kappa shape index (κ3) is 3.17. The van der Waals surface area contributed by atoms with Crippen LogP contribution < -0.4 is 5.32 Å². The molecule has 4 heteroatoms. The van der Waals surface area contributed by atoms with Gasteiger partial charge in [-0.05, 0) is 67.1 Å². The molecule has 1 N–H and O–H groups in total. The summed E-state index contributed by atoms with van der Waals surface area (Å²) < 4.78 is 1.05. The number of nitrogens with one attached hydrogen (secondary N) is 1. The third-order valence-electron chi connectivity index (χ3n) is 5.51. The molecule has 21 heavy (non-hydrogen) atoms. The molecule has 3 rings (SSSR count). The van der Waals surface area contributed by atoms with Crippen LogP contribution in [0.5, 0.6) is 0 Å².